The molecule has 2 unspecified atom stereocenters. The summed E-state index contributed by atoms with van der Waals surface area (Å²) in [6.45, 7) is 0.358. The van der Waals surface area contributed by atoms with Crippen LogP contribution in [0.1, 0.15) is 30.8 Å². The molecule has 0 saturated heterocycles. The minimum atomic E-state index is -1.75. The number of nitrogens with zero attached hydrogens (tertiary/aromatic N) is 5. The molecule has 9 nitrogen and oxygen atoms in total. The van der Waals surface area contributed by atoms with Crippen LogP contribution >= 0.6 is 11.8 Å². The average Bonchev–Trinajstić information content (AvgIpc) is 3.38. The fourth-order valence-corrected chi connectivity index (χ4v) is 4.51. The molecule has 0 bridgehead atoms. The lowest BCUT2D eigenvalue weighted by molar-refractivity contribution is 0.262. The van der Waals surface area contributed by atoms with E-state index in [1.165, 1.54) is 42.8 Å². The smallest absolute Gasteiger partial charge is 0.232 e. The summed E-state index contributed by atoms with van der Waals surface area (Å²) in [7, 11) is 0. The van der Waals surface area contributed by atoms with Gasteiger partial charge in [-0.3, -0.25) is 4.99 Å². The number of alkyl halides is 2. The zero-order chi connectivity index (χ0) is 26.4. The van der Waals surface area contributed by atoms with Crippen molar-refractivity contribution in [1.82, 2.24) is 19.9 Å². The minimum Gasteiger partial charge on any atom is -0.482 e. The number of pyridine rings is 1. The number of hydrogen-bond acceptors (Lipinski definition) is 10. The van der Waals surface area contributed by atoms with Crippen LogP contribution < -0.4 is 15.8 Å². The normalized spacial score (nSPS) is 17.1. The van der Waals surface area contributed by atoms with Crippen LogP contribution in [0.3, 0.4) is 0 Å². The van der Waals surface area contributed by atoms with Crippen LogP contribution in [0.2, 0.25) is 0 Å². The van der Waals surface area contributed by atoms with Gasteiger partial charge in [-0.15, -0.1) is 0 Å². The Morgan fingerprint density at radius 2 is 1.97 bits per heavy atom. The number of nitrogens with two attached hydrogens (primary N) is 1. The summed E-state index contributed by atoms with van der Waals surface area (Å²) in [5.41, 5.74) is 7.23. The maximum absolute atomic E-state index is 14.6. The Bertz CT molecular complexity index is 1390. The molecule has 3 aromatic heterocycles. The van der Waals surface area contributed by atoms with Gasteiger partial charge in [-0.05, 0) is 12.5 Å². The molecule has 0 saturated carbocycles. The number of benzene rings is 1. The monoisotopic (exact) mass is 535 g/mol. The van der Waals surface area contributed by atoms with Gasteiger partial charge in [0, 0.05) is 28.6 Å². The van der Waals surface area contributed by atoms with Crippen molar-refractivity contribution in [3.8, 4) is 5.75 Å². The predicted octanol–water partition coefficient (Wildman–Crippen LogP) is 5.38. The summed E-state index contributed by atoms with van der Waals surface area (Å²) in [5, 5.41) is 3.51. The van der Waals surface area contributed by atoms with E-state index in [1.807, 2.05) is 6.92 Å². The molecule has 1 aliphatic heterocycles. The van der Waals surface area contributed by atoms with Crippen LogP contribution in [0.25, 0.3) is 11.0 Å². The molecule has 4 aromatic rings. The van der Waals surface area contributed by atoms with Crippen LogP contribution in [0, 0.1) is 11.6 Å². The van der Waals surface area contributed by atoms with Crippen molar-refractivity contribution >= 4 is 39.5 Å². The van der Waals surface area contributed by atoms with Gasteiger partial charge in [0.25, 0.3) is 0 Å². The number of nitrogens with one attached hydrogen (secondary N) is 1. The van der Waals surface area contributed by atoms with Crippen LogP contribution in [-0.2, 0) is 6.61 Å². The Labute approximate surface area is 212 Å². The second kappa shape index (κ2) is 11.9. The Hall–Kier alpha value is -3.94. The number of oxazole rings is 1. The predicted molar refractivity (Wildman–Crippen MR) is 131 cm³/mol. The maximum Gasteiger partial charge on any atom is 0.232 e. The molecule has 1 aromatic carbocycles. The van der Waals surface area contributed by atoms with Gasteiger partial charge in [0.15, 0.2) is 29.2 Å². The van der Waals surface area contributed by atoms with Gasteiger partial charge in [0.1, 0.15) is 23.9 Å². The quantitative estimate of drug-likeness (QED) is 0.313. The first-order valence-corrected chi connectivity index (χ1v) is 11.8. The summed E-state index contributed by atoms with van der Waals surface area (Å²) in [6.07, 6.45) is 6.38. The van der Waals surface area contributed by atoms with Crippen molar-refractivity contribution in [1.29, 1.82) is 0 Å². The van der Waals surface area contributed by atoms with Crippen LogP contribution in [0.5, 0.6) is 5.75 Å². The molecular formula is C23H21F4N7O2S. The summed E-state index contributed by atoms with van der Waals surface area (Å²) in [4.78, 5) is 21.1. The standard InChI is InChI=1S/C22H19F2N7O2S.CH2F2/c1-11-4-16(31-22(25)34-11)14-5-12(6-15(23)19(14)24)30-21-20-17(28-10-29-21)7-13(8-27-20)33-9-18-26-2-3-32-18;2-1-3/h2-3,5-8,10-11,16H,4,9H2,1H3,(H2,25,31)(H,28,29,30);1H2. The van der Waals surface area contributed by atoms with E-state index >= 15 is 0 Å². The molecule has 5 rings (SSSR count). The lowest BCUT2D eigenvalue weighted by Crippen LogP contribution is -2.21. The molecule has 194 valence electrons. The number of aromatic nitrogens is 4. The third kappa shape index (κ3) is 6.44. The van der Waals surface area contributed by atoms with Crippen LogP contribution in [0.4, 0.5) is 29.1 Å². The van der Waals surface area contributed by atoms with Crippen molar-refractivity contribution in [2.24, 2.45) is 10.7 Å². The second-order valence-electron chi connectivity index (χ2n) is 7.71. The van der Waals surface area contributed by atoms with E-state index in [4.69, 9.17) is 14.9 Å². The largest absolute Gasteiger partial charge is 0.482 e. The molecule has 0 radical (unpaired) electrons. The van der Waals surface area contributed by atoms with Crippen molar-refractivity contribution in [3.05, 3.63) is 66.3 Å². The zero-order valence-electron chi connectivity index (χ0n) is 19.4. The minimum absolute atomic E-state index is 0.131. The van der Waals surface area contributed by atoms with Crippen LogP contribution in [0.15, 0.2) is 52.6 Å². The number of anilines is 2. The number of ether oxygens (including phenoxy) is 1. The highest BCUT2D eigenvalue weighted by molar-refractivity contribution is 8.14. The first kappa shape index (κ1) is 26.1. The molecule has 0 fully saturated rings. The lowest BCUT2D eigenvalue weighted by Gasteiger charge is -2.24. The number of aliphatic imine (C=N–C) groups is 1. The van der Waals surface area contributed by atoms with Crippen molar-refractivity contribution < 1.29 is 26.7 Å². The average molecular weight is 536 g/mol. The third-order valence-electron chi connectivity index (χ3n) is 5.13. The Kier molecular flexibility index (Phi) is 8.38. The van der Waals surface area contributed by atoms with Gasteiger partial charge < -0.3 is 20.2 Å². The van der Waals surface area contributed by atoms with E-state index < -0.39 is 24.6 Å². The molecular weight excluding hydrogens is 514 g/mol. The lowest BCUT2D eigenvalue weighted by atomic mass is 10.0. The maximum atomic E-state index is 14.6. The van der Waals surface area contributed by atoms with Gasteiger partial charge in [-0.2, -0.15) is 0 Å². The van der Waals surface area contributed by atoms with Gasteiger partial charge in [0.05, 0.1) is 24.0 Å². The zero-order valence-corrected chi connectivity index (χ0v) is 20.2. The number of fused-ring (bicyclic) bond motifs is 1. The summed E-state index contributed by atoms with van der Waals surface area (Å²) in [6, 6.07) is 3.70. The molecule has 1 aliphatic rings. The first-order valence-electron chi connectivity index (χ1n) is 10.9. The highest BCUT2D eigenvalue weighted by Gasteiger charge is 2.26. The first-order chi connectivity index (χ1) is 17.9. The van der Waals surface area contributed by atoms with Gasteiger partial charge in [0.2, 0.25) is 12.8 Å². The SMILES string of the molecule is CC1CC(c2cc(Nc3ncnc4cc(OCc5ncco5)cnc34)cc(F)c2F)N=C(N)S1.FCF. The Balaban J connectivity index is 0.00000102. The Morgan fingerprint density at radius 1 is 1.16 bits per heavy atom. The number of hydrogen-bond donors (Lipinski definition) is 2. The Morgan fingerprint density at radius 3 is 2.70 bits per heavy atom. The van der Waals surface area contributed by atoms with Gasteiger partial charge in [-0.25, -0.2) is 37.5 Å². The molecule has 14 heteroatoms. The van der Waals surface area contributed by atoms with E-state index in [2.05, 4.69) is 30.2 Å². The second-order valence-corrected chi connectivity index (χ2v) is 9.17. The van der Waals surface area contributed by atoms with Crippen molar-refractivity contribution in [2.75, 3.05) is 12.2 Å². The fraction of sp³-hybridized carbons (Fsp3) is 0.261. The highest BCUT2D eigenvalue weighted by Crippen LogP contribution is 2.36. The molecule has 4 heterocycles. The van der Waals surface area contributed by atoms with E-state index in [-0.39, 0.29) is 17.4 Å². The topological polar surface area (TPSA) is 124 Å². The number of thioether (sulfide) groups is 1. The third-order valence-corrected chi connectivity index (χ3v) is 6.08. The van der Waals surface area contributed by atoms with E-state index in [0.29, 0.717) is 45.8 Å². The molecule has 3 N–H and O–H groups in total. The molecule has 2 atom stereocenters. The summed E-state index contributed by atoms with van der Waals surface area (Å²) in [5.74, 6) is -0.712. The fourth-order valence-electron chi connectivity index (χ4n) is 3.63. The molecule has 37 heavy (non-hydrogen) atoms. The summed E-state index contributed by atoms with van der Waals surface area (Å²) < 4.78 is 59.2. The number of halogens is 4. The van der Waals surface area contributed by atoms with Crippen molar-refractivity contribution in [3.63, 3.8) is 0 Å². The van der Waals surface area contributed by atoms with Gasteiger partial charge in [-0.1, -0.05) is 18.7 Å². The van der Waals surface area contributed by atoms with Gasteiger partial charge >= 0.3 is 0 Å². The summed E-state index contributed by atoms with van der Waals surface area (Å²) >= 11 is 1.41. The van der Waals surface area contributed by atoms with E-state index in [0.717, 1.165) is 6.07 Å². The van der Waals surface area contributed by atoms with E-state index in [9.17, 15) is 17.6 Å². The molecule has 0 amide bonds. The molecule has 0 spiro atoms. The highest BCUT2D eigenvalue weighted by atomic mass is 32.2. The molecule has 0 aliphatic carbocycles. The van der Waals surface area contributed by atoms with Crippen LogP contribution in [-0.4, -0.2) is 37.3 Å². The number of amidine groups is 1. The van der Waals surface area contributed by atoms with E-state index in [1.54, 1.807) is 6.07 Å². The number of rotatable bonds is 6. The van der Waals surface area contributed by atoms with Crippen molar-refractivity contribution in [2.45, 2.75) is 31.2 Å².